The number of thiophene rings is 1. The lowest BCUT2D eigenvalue weighted by Gasteiger charge is -2.30. The molecule has 3 heterocycles. The zero-order valence-electron chi connectivity index (χ0n) is 24.8. The molecule has 0 bridgehead atoms. The van der Waals surface area contributed by atoms with Gasteiger partial charge in [0.2, 0.25) is 0 Å². The molecule has 1 amide bonds. The second kappa shape index (κ2) is 14.9. The van der Waals surface area contributed by atoms with Crippen molar-refractivity contribution in [3.63, 3.8) is 0 Å². The summed E-state index contributed by atoms with van der Waals surface area (Å²) in [6, 6.07) is 13.1. The molecule has 3 aromatic rings. The van der Waals surface area contributed by atoms with E-state index in [1.807, 2.05) is 62.5 Å². The summed E-state index contributed by atoms with van der Waals surface area (Å²) in [7, 11) is 0. The van der Waals surface area contributed by atoms with Gasteiger partial charge >= 0.3 is 0 Å². The summed E-state index contributed by atoms with van der Waals surface area (Å²) in [6.07, 6.45) is 2.75. The number of hydrogen-bond donors (Lipinski definition) is 3. The molecule has 1 saturated heterocycles. The zero-order valence-corrected chi connectivity index (χ0v) is 25.6. The number of carbonyl (C=O) groups excluding carboxylic acids is 1. The molecule has 2 aromatic heterocycles. The molecule has 0 radical (unpaired) electrons. The molecular weight excluding hydrogens is 548 g/mol. The highest BCUT2D eigenvalue weighted by atomic mass is 32.1. The average molecular weight is 591 g/mol. The summed E-state index contributed by atoms with van der Waals surface area (Å²) in [5, 5.41) is 13.6. The summed E-state index contributed by atoms with van der Waals surface area (Å²) in [6.45, 7) is 20.1. The lowest BCUT2D eigenvalue weighted by Crippen LogP contribution is -2.38. The Hall–Kier alpha value is -3.86. The van der Waals surface area contributed by atoms with Crippen molar-refractivity contribution < 1.29 is 14.3 Å². The number of para-hydroxylation sites is 2. The second-order valence-corrected chi connectivity index (χ2v) is 11.9. The van der Waals surface area contributed by atoms with E-state index >= 15 is 0 Å². The Morgan fingerprint density at radius 1 is 1.07 bits per heavy atom. The molecule has 0 aliphatic carbocycles. The van der Waals surface area contributed by atoms with Crippen LogP contribution in [0.25, 0.3) is 0 Å². The van der Waals surface area contributed by atoms with E-state index in [1.54, 1.807) is 23.6 Å². The van der Waals surface area contributed by atoms with Crippen molar-refractivity contribution in [1.82, 2.24) is 14.8 Å². The molecule has 10 heteroatoms. The van der Waals surface area contributed by atoms with Gasteiger partial charge in [-0.05, 0) is 69.0 Å². The van der Waals surface area contributed by atoms with Crippen LogP contribution in [0.1, 0.15) is 43.2 Å². The molecule has 1 aliphatic heterocycles. The van der Waals surface area contributed by atoms with Gasteiger partial charge in [-0.25, -0.2) is 0 Å². The Kier molecular flexibility index (Phi) is 11.0. The number of morpholine rings is 1. The van der Waals surface area contributed by atoms with Crippen LogP contribution in [0.3, 0.4) is 0 Å². The highest BCUT2D eigenvalue weighted by Crippen LogP contribution is 2.25. The molecule has 4 rings (SSSR count). The van der Waals surface area contributed by atoms with E-state index in [1.165, 1.54) is 0 Å². The number of pyridine rings is 1. The number of ether oxygens (including phenoxy) is 2. The van der Waals surface area contributed by atoms with Gasteiger partial charge in [0.25, 0.3) is 5.91 Å². The monoisotopic (exact) mass is 590 g/mol. The van der Waals surface area contributed by atoms with Crippen LogP contribution < -0.4 is 16.0 Å². The van der Waals surface area contributed by atoms with E-state index in [2.05, 4.69) is 49.3 Å². The van der Waals surface area contributed by atoms with Crippen molar-refractivity contribution in [2.75, 3.05) is 55.3 Å². The van der Waals surface area contributed by atoms with Gasteiger partial charge in [0.15, 0.2) is 5.88 Å². The van der Waals surface area contributed by atoms with Crippen LogP contribution in [0.4, 0.5) is 17.1 Å². The van der Waals surface area contributed by atoms with Gasteiger partial charge in [-0.1, -0.05) is 24.8 Å². The van der Waals surface area contributed by atoms with Crippen LogP contribution in [-0.2, 0) is 16.0 Å². The second-order valence-electron chi connectivity index (χ2n) is 11.1. The number of carbonyl (C=O) groups is 1. The van der Waals surface area contributed by atoms with E-state index in [9.17, 15) is 4.79 Å². The predicted octanol–water partition coefficient (Wildman–Crippen LogP) is 6.20. The summed E-state index contributed by atoms with van der Waals surface area (Å²) >= 11 is 1.64. The van der Waals surface area contributed by atoms with Gasteiger partial charge in [-0.15, -0.1) is 0 Å². The van der Waals surface area contributed by atoms with Crippen molar-refractivity contribution in [2.24, 2.45) is 0 Å². The Morgan fingerprint density at radius 3 is 2.45 bits per heavy atom. The molecule has 1 aromatic carbocycles. The van der Waals surface area contributed by atoms with Crippen LogP contribution in [0.2, 0.25) is 0 Å². The maximum atomic E-state index is 13.1. The van der Waals surface area contributed by atoms with Crippen LogP contribution in [0.15, 0.2) is 84.3 Å². The standard InChI is InChI=1S/C32H42N6O3S/c1-24(34-27-13-20-42-23-27)38(15-8-14-37-16-18-40-19-17-37)22-26-11-12-30(33-21-26)31(39)36-29-10-7-6-9-28(29)35-25(2)41-32(3,4)5/h6-7,9-13,20-21,23,34-35H,1-2,8,14-19,22H2,3-5H3,(H,36,39). The maximum absolute atomic E-state index is 13.1. The van der Waals surface area contributed by atoms with Crippen LogP contribution in [-0.4, -0.2) is 65.7 Å². The number of aromatic nitrogens is 1. The molecule has 1 fully saturated rings. The first kappa shape index (κ1) is 31.1. The minimum absolute atomic E-state index is 0.302. The fourth-order valence-electron chi connectivity index (χ4n) is 4.51. The molecule has 0 saturated carbocycles. The Bertz CT molecular complexity index is 1310. The van der Waals surface area contributed by atoms with E-state index in [0.717, 1.165) is 62.9 Å². The largest absolute Gasteiger partial charge is 0.474 e. The first-order valence-electron chi connectivity index (χ1n) is 14.2. The normalized spacial score (nSPS) is 13.7. The van der Waals surface area contributed by atoms with Gasteiger partial charge in [-0.2, -0.15) is 11.3 Å². The Labute approximate surface area is 253 Å². The number of benzene rings is 1. The first-order valence-corrected chi connectivity index (χ1v) is 15.1. The predicted molar refractivity (Wildman–Crippen MR) is 172 cm³/mol. The number of amides is 1. The van der Waals surface area contributed by atoms with Gasteiger partial charge in [0.05, 0.1) is 36.1 Å². The smallest absolute Gasteiger partial charge is 0.274 e. The average Bonchev–Trinajstić information content (AvgIpc) is 3.46. The van der Waals surface area contributed by atoms with Gasteiger partial charge in [0, 0.05) is 44.3 Å². The first-order chi connectivity index (χ1) is 20.2. The lowest BCUT2D eigenvalue weighted by molar-refractivity contribution is 0.0364. The van der Waals surface area contributed by atoms with Crippen molar-refractivity contribution >= 4 is 34.3 Å². The molecule has 0 spiro atoms. The summed E-state index contributed by atoms with van der Waals surface area (Å²) < 4.78 is 11.3. The maximum Gasteiger partial charge on any atom is 0.274 e. The number of rotatable bonds is 14. The van der Waals surface area contributed by atoms with Crippen molar-refractivity contribution in [3.8, 4) is 0 Å². The summed E-state index contributed by atoms with van der Waals surface area (Å²) in [5.41, 5.74) is 3.24. The van der Waals surface area contributed by atoms with Crippen molar-refractivity contribution in [2.45, 2.75) is 39.3 Å². The molecule has 9 nitrogen and oxygen atoms in total. The highest BCUT2D eigenvalue weighted by molar-refractivity contribution is 7.08. The lowest BCUT2D eigenvalue weighted by atomic mass is 10.2. The number of nitrogens with zero attached hydrogens (tertiary/aromatic N) is 3. The van der Waals surface area contributed by atoms with Crippen molar-refractivity contribution in [3.05, 3.63) is 95.5 Å². The third kappa shape index (κ3) is 9.90. The summed E-state index contributed by atoms with van der Waals surface area (Å²) in [4.78, 5) is 22.2. The van der Waals surface area contributed by atoms with Gasteiger partial charge < -0.3 is 30.3 Å². The SMILES string of the molecule is C=C(Nc1ccccc1NC(=O)c1ccc(CN(CCCN2CCOCC2)C(=C)Nc2ccsc2)cn1)OC(C)(C)C. The topological polar surface area (TPSA) is 91.0 Å². The minimum Gasteiger partial charge on any atom is -0.474 e. The van der Waals surface area contributed by atoms with E-state index in [-0.39, 0.29) is 5.91 Å². The molecule has 42 heavy (non-hydrogen) atoms. The van der Waals surface area contributed by atoms with E-state index in [0.29, 0.717) is 29.5 Å². The van der Waals surface area contributed by atoms with E-state index in [4.69, 9.17) is 9.47 Å². The molecule has 224 valence electrons. The fourth-order valence-corrected chi connectivity index (χ4v) is 5.09. The zero-order chi connectivity index (χ0) is 30.0. The van der Waals surface area contributed by atoms with E-state index < -0.39 is 5.60 Å². The number of hydrogen-bond acceptors (Lipinski definition) is 9. The third-order valence-corrected chi connectivity index (χ3v) is 7.19. The molecule has 0 atom stereocenters. The molecule has 3 N–H and O–H groups in total. The summed E-state index contributed by atoms with van der Waals surface area (Å²) in [5.74, 6) is 0.929. The molecular formula is C32H42N6O3S. The van der Waals surface area contributed by atoms with Crippen LogP contribution in [0, 0.1) is 0 Å². The number of nitrogens with one attached hydrogen (secondary N) is 3. The molecule has 1 aliphatic rings. The molecule has 0 unspecified atom stereocenters. The Morgan fingerprint density at radius 2 is 1.81 bits per heavy atom. The third-order valence-electron chi connectivity index (χ3n) is 6.51. The van der Waals surface area contributed by atoms with Crippen LogP contribution in [0.5, 0.6) is 0 Å². The minimum atomic E-state index is -0.390. The highest BCUT2D eigenvalue weighted by Gasteiger charge is 2.16. The number of anilines is 3. The van der Waals surface area contributed by atoms with Gasteiger partial charge in [-0.3, -0.25) is 14.7 Å². The quantitative estimate of drug-likeness (QED) is 0.191. The van der Waals surface area contributed by atoms with Crippen LogP contribution >= 0.6 is 11.3 Å². The van der Waals surface area contributed by atoms with Crippen molar-refractivity contribution in [1.29, 1.82) is 0 Å². The Balaban J connectivity index is 1.37. The fraction of sp³-hybridized carbons (Fsp3) is 0.375. The van der Waals surface area contributed by atoms with Gasteiger partial charge in [0.1, 0.15) is 11.3 Å².